The van der Waals surface area contributed by atoms with Gasteiger partial charge in [-0.2, -0.15) is 0 Å². The van der Waals surface area contributed by atoms with Crippen LogP contribution in [-0.2, 0) is 20.0 Å². The standard InChI is InChI=1S/C23H25ClN4O5S.C17H20ClN3O3.C6H7NO3S.CH3I.BH.U/c1-22(2)17(23(22,3)4)13-33-19-11-12-28(26-19)18-10-9-16(20(24)25-18)21(30)27-34(31,32)15-7-5-14(29)6-8-15;1-16(2)11(17(16,3)4)9-24-13-7-8-21(20-13)12-6-5-10(15(22)23)14(18)19-12;7-11(9,10)6-3-1-5(8)2-4-6;1-2;;/h5-12,17,29H,13H2,1-4H3,(H,27,30);5-8,11H,9H2,1-4H3,(H,22,23);1-4,8H,(H2,7,9,10);1H3;1H;/i;;;2*1D;. The predicted molar refractivity (Wildman–Crippen MR) is 282 cm³/mol. The van der Waals surface area contributed by atoms with Crippen molar-refractivity contribution >= 4 is 86.1 Å². The molecule has 73 heavy (non-hydrogen) atoms. The molecule has 8 rings (SSSR count). The third-order valence-electron chi connectivity index (χ3n) is 13.7. The van der Waals surface area contributed by atoms with E-state index >= 15 is 0 Å². The largest absolute Gasteiger partial charge is 0.508 e. The van der Waals surface area contributed by atoms with Gasteiger partial charge in [0, 0.05) is 77.2 Å². The van der Waals surface area contributed by atoms with Crippen molar-refractivity contribution in [3.63, 3.8) is 0 Å². The normalized spacial score (nSPS) is 15.9. The fourth-order valence-corrected chi connectivity index (χ4v) is 9.74. The number of alkyl halides is 1. The number of carboxylic acid groups (broad SMARTS) is 1. The van der Waals surface area contributed by atoms with Crippen LogP contribution in [-0.4, -0.2) is 101 Å². The molecule has 19 nitrogen and oxygen atoms in total. The smallest absolute Gasteiger partial charge is 0.338 e. The van der Waals surface area contributed by atoms with Crippen molar-refractivity contribution in [2.24, 2.45) is 38.6 Å². The number of nitrogens with one attached hydrogen (secondary N) is 1. The summed E-state index contributed by atoms with van der Waals surface area (Å²) in [6.45, 7) is 19.0. The van der Waals surface area contributed by atoms with Gasteiger partial charge >= 0.3 is 5.97 Å². The quantitative estimate of drug-likeness (QED) is 0.0318. The summed E-state index contributed by atoms with van der Waals surface area (Å²) < 4.78 is 74.1. The number of aromatic nitrogens is 6. The molecule has 2 aliphatic carbocycles. The summed E-state index contributed by atoms with van der Waals surface area (Å²) >= 11 is 14.0. The van der Waals surface area contributed by atoms with Gasteiger partial charge in [-0.3, -0.25) is 4.79 Å². The second-order valence-electron chi connectivity index (χ2n) is 18.6. The number of carboxylic acids is 1. The second-order valence-corrected chi connectivity index (χ2v) is 22.6. The Balaban J connectivity index is 0.000000313. The minimum atomic E-state index is -4.16. The molecule has 2 saturated carbocycles. The first kappa shape index (κ1) is 59.5. The van der Waals surface area contributed by atoms with Gasteiger partial charge in [0.2, 0.25) is 21.8 Å². The molecule has 2 radical (unpaired) electrons. The van der Waals surface area contributed by atoms with Crippen molar-refractivity contribution in [2.45, 2.75) is 65.2 Å². The topological polar surface area (TPSA) is 281 Å². The van der Waals surface area contributed by atoms with Gasteiger partial charge in [-0.05, 0) is 101 Å². The molecule has 1 amide bonds. The molecule has 0 bridgehead atoms. The SMILES string of the molecule is CC1(C)C(COc2ccn(-c3ccc(C(=O)NS(=O)(=O)c4ccc(O)cc4)c(Cl)n3)n2)C1(C)C.CC1(C)C(COc2ccn(-c3ccc(C(=O)O)c(Cl)n3)n2)C1(C)C.NS(=O)(=O)c1ccc(O)cc1.[2H]CI.[2H][B].[U]. The number of phenols is 2. The zero-order chi connectivity index (χ0) is 55.8. The van der Waals surface area contributed by atoms with Crippen molar-refractivity contribution < 1.29 is 83.7 Å². The van der Waals surface area contributed by atoms with Gasteiger partial charge in [0.1, 0.15) is 21.8 Å². The number of primary sulfonamides is 1. The van der Waals surface area contributed by atoms with Gasteiger partial charge in [0.05, 0.1) is 34.1 Å². The summed E-state index contributed by atoms with van der Waals surface area (Å²) in [5.74, 6) is 0.502. The second kappa shape index (κ2) is 24.5. The Hall–Kier alpha value is -4.41. The van der Waals surface area contributed by atoms with Crippen LogP contribution < -0.4 is 19.3 Å². The summed E-state index contributed by atoms with van der Waals surface area (Å²) in [7, 11) is -4.04. The van der Waals surface area contributed by atoms with Crippen LogP contribution in [0.4, 0.5) is 0 Å². The Bertz CT molecular complexity index is 3130. The van der Waals surface area contributed by atoms with E-state index in [9.17, 15) is 31.5 Å². The van der Waals surface area contributed by atoms with Gasteiger partial charge in [-0.15, -0.1) is 10.2 Å². The number of phenolic OH excluding ortho intramolecular Hbond substituents is 2. The van der Waals surface area contributed by atoms with E-state index in [4.69, 9.17) is 50.7 Å². The Kier molecular flexibility index (Phi) is 20.0. The molecular weight excluding hydrogens is 1360 g/mol. The van der Waals surface area contributed by atoms with E-state index in [1.165, 1.54) is 76.1 Å². The maximum atomic E-state index is 12.5. The Morgan fingerprint density at radius 3 is 1.38 bits per heavy atom. The number of carbonyl (C=O) groups excluding carboxylic acids is 1. The summed E-state index contributed by atoms with van der Waals surface area (Å²) in [4.78, 5) is 32.0. The number of benzene rings is 2. The van der Waals surface area contributed by atoms with Crippen LogP contribution in [0.3, 0.4) is 0 Å². The molecule has 4 heterocycles. The molecule has 6 aromatic rings. The first-order chi connectivity index (χ1) is 34.4. The van der Waals surface area contributed by atoms with Crippen molar-refractivity contribution in [3.8, 4) is 34.9 Å². The van der Waals surface area contributed by atoms with Crippen LogP contribution in [0.25, 0.3) is 11.6 Å². The summed E-state index contributed by atoms with van der Waals surface area (Å²) in [5.41, 5.74) is 0.777. The van der Waals surface area contributed by atoms with Crippen LogP contribution in [0.2, 0.25) is 10.3 Å². The number of pyridine rings is 2. The predicted octanol–water partition coefficient (Wildman–Crippen LogP) is 7.93. The molecule has 26 heteroatoms. The van der Waals surface area contributed by atoms with E-state index in [-0.39, 0.29) is 95.5 Å². The number of halogens is 3. The van der Waals surface area contributed by atoms with Gasteiger partial charge < -0.3 is 24.8 Å². The fourth-order valence-electron chi connectivity index (χ4n) is 7.79. The van der Waals surface area contributed by atoms with Gasteiger partial charge in [-0.1, -0.05) is 101 Å². The molecule has 0 unspecified atom stereocenters. The monoisotopic (exact) mass is 1420 g/mol. The van der Waals surface area contributed by atoms with E-state index in [1.807, 2.05) is 27.3 Å². The Morgan fingerprint density at radius 1 is 0.699 bits per heavy atom. The van der Waals surface area contributed by atoms with Crippen LogP contribution in [0.1, 0.15) is 77.5 Å². The van der Waals surface area contributed by atoms with Crippen LogP contribution >= 0.6 is 45.8 Å². The van der Waals surface area contributed by atoms with E-state index in [0.717, 1.165) is 0 Å². The minimum absolute atomic E-state index is 0. The van der Waals surface area contributed by atoms with Crippen molar-refractivity contribution in [1.82, 2.24) is 34.3 Å². The minimum Gasteiger partial charge on any atom is -0.508 e. The number of ether oxygens (including phenoxy) is 2. The van der Waals surface area contributed by atoms with Crippen LogP contribution in [0.15, 0.2) is 107 Å². The number of rotatable bonds is 13. The number of nitrogens with zero attached hydrogens (tertiary/aromatic N) is 6. The number of aromatic carboxylic acids is 1. The molecule has 6 N–H and O–H groups in total. The number of carbonyl (C=O) groups is 2. The number of hydrogen-bond donors (Lipinski definition) is 5. The fraction of sp³-hybridized carbons (Fsp3) is 0.362. The molecule has 0 atom stereocenters. The number of amides is 1. The zero-order valence-corrected chi connectivity index (χ0v) is 50.4. The summed E-state index contributed by atoms with van der Waals surface area (Å²) in [6, 6.07) is 19.1. The Morgan fingerprint density at radius 2 is 1.05 bits per heavy atom. The summed E-state index contributed by atoms with van der Waals surface area (Å²) in [6.07, 6.45) is 3.36. The molecule has 0 aliphatic heterocycles. The molecule has 390 valence electrons. The molecule has 2 aromatic carbocycles. The van der Waals surface area contributed by atoms with Crippen molar-refractivity contribution in [2.75, 3.05) is 18.1 Å². The number of nitrogens with two attached hydrogens (primary N) is 1. The molecule has 4 aromatic heterocycles. The van der Waals surface area contributed by atoms with Gasteiger partial charge in [0.25, 0.3) is 15.9 Å². The van der Waals surface area contributed by atoms with E-state index in [1.54, 1.807) is 30.6 Å². The maximum absolute atomic E-state index is 12.5. The van der Waals surface area contributed by atoms with Gasteiger partial charge in [0.15, 0.2) is 11.6 Å². The number of hydrogen-bond acceptors (Lipinski definition) is 14. The first-order valence-corrected chi connectivity index (χ1v) is 26.7. The number of aromatic hydroxyl groups is 2. The average Bonchev–Trinajstić information content (AvgIpc) is 3.72. The summed E-state index contributed by atoms with van der Waals surface area (Å²) in [5, 5.41) is 40.3. The molecule has 0 spiro atoms. The van der Waals surface area contributed by atoms with Crippen molar-refractivity contribution in [3.05, 3.63) is 119 Å². The molecular formula is C47H56BCl2IN8O11S2U. The molecule has 0 saturated heterocycles. The number of sulfonamides is 2. The molecule has 2 aliphatic rings. The average molecular weight is 1420 g/mol. The van der Waals surface area contributed by atoms with E-state index in [0.29, 0.717) is 53.4 Å². The van der Waals surface area contributed by atoms with Gasteiger partial charge in [-0.25, -0.2) is 50.8 Å². The third-order valence-corrected chi connectivity index (χ3v) is 16.6. The third kappa shape index (κ3) is 14.7. The van der Waals surface area contributed by atoms with E-state index in [2.05, 4.69) is 83.9 Å². The Labute approximate surface area is 476 Å². The van der Waals surface area contributed by atoms with E-state index < -0.39 is 31.9 Å². The molecule has 2 fully saturated rings. The maximum Gasteiger partial charge on any atom is 0.338 e. The first-order valence-electron chi connectivity index (χ1n) is 22.6. The van der Waals surface area contributed by atoms with Crippen LogP contribution in [0.5, 0.6) is 23.3 Å². The van der Waals surface area contributed by atoms with Crippen LogP contribution in [0, 0.1) is 64.6 Å². The van der Waals surface area contributed by atoms with Crippen molar-refractivity contribution in [1.29, 1.82) is 1.34 Å². The zero-order valence-electron chi connectivity index (χ0n) is 42.9.